The highest BCUT2D eigenvalue weighted by molar-refractivity contribution is 7.18. The molecule has 1 aliphatic rings. The number of urea groups is 1. The molecule has 1 aliphatic heterocycles. The summed E-state index contributed by atoms with van der Waals surface area (Å²) in [5.41, 5.74) is 0.822. The van der Waals surface area contributed by atoms with Crippen molar-refractivity contribution in [3.63, 3.8) is 0 Å². The Balaban J connectivity index is 1.65. The minimum Gasteiger partial charge on any atom is -0.481 e. The Kier molecular flexibility index (Phi) is 4.44. The number of likely N-dealkylation sites (tertiary alicyclic amines) is 1. The van der Waals surface area contributed by atoms with Crippen LogP contribution in [-0.2, 0) is 4.79 Å². The van der Waals surface area contributed by atoms with Crippen LogP contribution in [0.2, 0.25) is 5.02 Å². The topological polar surface area (TPSA) is 95.4 Å². The van der Waals surface area contributed by atoms with E-state index in [0.29, 0.717) is 28.1 Å². The number of aliphatic carboxylic acids is 1. The van der Waals surface area contributed by atoms with Crippen LogP contribution in [0, 0.1) is 5.92 Å². The van der Waals surface area contributed by atoms with Crippen molar-refractivity contribution in [3.8, 4) is 10.6 Å². The number of halogens is 1. The summed E-state index contributed by atoms with van der Waals surface area (Å²) in [4.78, 5) is 24.5. The van der Waals surface area contributed by atoms with Crippen molar-refractivity contribution in [1.82, 2.24) is 15.1 Å². The molecule has 1 unspecified atom stereocenters. The van der Waals surface area contributed by atoms with Gasteiger partial charge in [-0.25, -0.2) is 4.79 Å². The number of nitrogens with zero attached hydrogens (tertiary/aromatic N) is 3. The molecule has 120 valence electrons. The molecule has 1 aromatic carbocycles. The number of hydrogen-bond donors (Lipinski definition) is 2. The van der Waals surface area contributed by atoms with Crippen LogP contribution in [0.3, 0.4) is 0 Å². The lowest BCUT2D eigenvalue weighted by Gasteiger charge is -2.14. The molecular weight excluding hydrogens is 340 g/mol. The molecule has 2 N–H and O–H groups in total. The Morgan fingerprint density at radius 3 is 2.91 bits per heavy atom. The van der Waals surface area contributed by atoms with E-state index in [4.69, 9.17) is 16.7 Å². The van der Waals surface area contributed by atoms with Crippen LogP contribution >= 0.6 is 22.9 Å². The van der Waals surface area contributed by atoms with Gasteiger partial charge in [-0.3, -0.25) is 10.1 Å². The molecule has 0 radical (unpaired) electrons. The van der Waals surface area contributed by atoms with Crippen molar-refractivity contribution < 1.29 is 14.7 Å². The normalized spacial score (nSPS) is 17.3. The molecule has 0 spiro atoms. The lowest BCUT2D eigenvalue weighted by molar-refractivity contribution is -0.141. The van der Waals surface area contributed by atoms with E-state index < -0.39 is 11.9 Å². The summed E-state index contributed by atoms with van der Waals surface area (Å²) >= 11 is 7.18. The van der Waals surface area contributed by atoms with Crippen molar-refractivity contribution >= 4 is 40.1 Å². The van der Waals surface area contributed by atoms with Gasteiger partial charge in [-0.1, -0.05) is 35.1 Å². The van der Waals surface area contributed by atoms with Gasteiger partial charge in [-0.2, -0.15) is 0 Å². The first-order valence-corrected chi connectivity index (χ1v) is 8.10. The summed E-state index contributed by atoms with van der Waals surface area (Å²) in [5, 5.41) is 21.2. The third-order valence-electron chi connectivity index (χ3n) is 3.54. The van der Waals surface area contributed by atoms with Crippen LogP contribution in [0.4, 0.5) is 9.93 Å². The van der Waals surface area contributed by atoms with E-state index in [-0.39, 0.29) is 12.6 Å². The second kappa shape index (κ2) is 6.51. The van der Waals surface area contributed by atoms with E-state index in [1.165, 1.54) is 16.2 Å². The highest BCUT2D eigenvalue weighted by Gasteiger charge is 2.31. The van der Waals surface area contributed by atoms with Gasteiger partial charge in [0.2, 0.25) is 5.13 Å². The zero-order valence-corrected chi connectivity index (χ0v) is 13.5. The van der Waals surface area contributed by atoms with Gasteiger partial charge in [-0.15, -0.1) is 10.2 Å². The number of carboxylic acids is 1. The molecule has 1 atom stereocenters. The number of carbonyl (C=O) groups excluding carboxylic acids is 1. The van der Waals surface area contributed by atoms with Gasteiger partial charge in [0.25, 0.3) is 0 Å². The molecule has 2 aromatic rings. The predicted molar refractivity (Wildman–Crippen MR) is 86.7 cm³/mol. The highest BCUT2D eigenvalue weighted by Crippen LogP contribution is 2.28. The lowest BCUT2D eigenvalue weighted by Crippen LogP contribution is -2.33. The maximum Gasteiger partial charge on any atom is 0.323 e. The second-order valence-corrected chi connectivity index (χ2v) is 6.54. The van der Waals surface area contributed by atoms with E-state index >= 15 is 0 Å². The molecule has 0 saturated carbocycles. The van der Waals surface area contributed by atoms with Crippen LogP contribution in [-0.4, -0.2) is 45.3 Å². The molecule has 2 heterocycles. The minimum absolute atomic E-state index is 0.209. The number of nitrogens with one attached hydrogen (secondary N) is 1. The Labute approximate surface area is 140 Å². The van der Waals surface area contributed by atoms with E-state index in [1.807, 2.05) is 12.1 Å². The maximum atomic E-state index is 12.1. The molecule has 9 heteroatoms. The van der Waals surface area contributed by atoms with Crippen molar-refractivity contribution in [3.05, 3.63) is 29.3 Å². The quantitative estimate of drug-likeness (QED) is 0.885. The molecule has 0 aliphatic carbocycles. The fourth-order valence-electron chi connectivity index (χ4n) is 2.33. The number of amides is 2. The molecule has 1 saturated heterocycles. The highest BCUT2D eigenvalue weighted by atomic mass is 35.5. The van der Waals surface area contributed by atoms with Crippen LogP contribution in [0.1, 0.15) is 6.42 Å². The molecule has 1 aromatic heterocycles. The zero-order valence-electron chi connectivity index (χ0n) is 11.9. The van der Waals surface area contributed by atoms with Crippen molar-refractivity contribution in [2.45, 2.75) is 6.42 Å². The van der Waals surface area contributed by atoms with Crippen LogP contribution in [0.15, 0.2) is 24.3 Å². The Morgan fingerprint density at radius 1 is 1.39 bits per heavy atom. The number of anilines is 1. The van der Waals surface area contributed by atoms with Gasteiger partial charge in [-0.05, 0) is 18.6 Å². The standard InChI is InChI=1S/C14H13ClN4O3S/c15-10-3-1-2-8(6-10)11-17-18-13(23-11)16-14(22)19-5-4-9(7-19)12(20)21/h1-3,6,9H,4-5,7H2,(H,20,21)(H,16,18,22). The summed E-state index contributed by atoms with van der Waals surface area (Å²) in [6.07, 6.45) is 0.465. The monoisotopic (exact) mass is 352 g/mol. The number of carboxylic acid groups (broad SMARTS) is 1. The average Bonchev–Trinajstić information content (AvgIpc) is 3.16. The van der Waals surface area contributed by atoms with Crippen LogP contribution in [0.25, 0.3) is 10.6 Å². The van der Waals surface area contributed by atoms with E-state index in [0.717, 1.165) is 5.56 Å². The fraction of sp³-hybridized carbons (Fsp3) is 0.286. The van der Waals surface area contributed by atoms with Gasteiger partial charge in [0.15, 0.2) is 0 Å². The summed E-state index contributed by atoms with van der Waals surface area (Å²) in [6.45, 7) is 0.629. The van der Waals surface area contributed by atoms with Gasteiger partial charge in [0.05, 0.1) is 5.92 Å². The van der Waals surface area contributed by atoms with E-state index in [2.05, 4.69) is 15.5 Å². The molecule has 23 heavy (non-hydrogen) atoms. The Bertz CT molecular complexity index is 751. The SMILES string of the molecule is O=C(O)C1CCN(C(=O)Nc2nnc(-c3cccc(Cl)c3)s2)C1. The number of carbonyl (C=O) groups is 2. The number of benzene rings is 1. The first-order chi connectivity index (χ1) is 11.0. The average molecular weight is 353 g/mol. The molecular formula is C14H13ClN4O3S. The van der Waals surface area contributed by atoms with Gasteiger partial charge >= 0.3 is 12.0 Å². The maximum absolute atomic E-state index is 12.1. The summed E-state index contributed by atoms with van der Waals surface area (Å²) in [6, 6.07) is 6.85. The van der Waals surface area contributed by atoms with Crippen molar-refractivity contribution in [2.24, 2.45) is 5.92 Å². The Hall–Kier alpha value is -2.19. The first-order valence-electron chi connectivity index (χ1n) is 6.91. The third-order valence-corrected chi connectivity index (χ3v) is 4.66. The van der Waals surface area contributed by atoms with Gasteiger partial charge in [0, 0.05) is 23.7 Å². The summed E-state index contributed by atoms with van der Waals surface area (Å²) < 4.78 is 0. The van der Waals surface area contributed by atoms with Gasteiger partial charge in [0.1, 0.15) is 5.01 Å². The zero-order chi connectivity index (χ0) is 16.4. The fourth-order valence-corrected chi connectivity index (χ4v) is 3.25. The molecule has 2 amide bonds. The van der Waals surface area contributed by atoms with E-state index in [1.54, 1.807) is 12.1 Å². The molecule has 0 bridgehead atoms. The largest absolute Gasteiger partial charge is 0.481 e. The van der Waals surface area contributed by atoms with Crippen molar-refractivity contribution in [2.75, 3.05) is 18.4 Å². The van der Waals surface area contributed by atoms with E-state index in [9.17, 15) is 9.59 Å². The molecule has 3 rings (SSSR count). The predicted octanol–water partition coefficient (Wildman–Crippen LogP) is 2.80. The number of aromatic nitrogens is 2. The number of rotatable bonds is 3. The lowest BCUT2D eigenvalue weighted by atomic mass is 10.1. The third kappa shape index (κ3) is 3.59. The summed E-state index contributed by atoms with van der Waals surface area (Å²) in [7, 11) is 0. The second-order valence-electron chi connectivity index (χ2n) is 5.12. The van der Waals surface area contributed by atoms with Crippen LogP contribution in [0.5, 0.6) is 0 Å². The number of hydrogen-bond acceptors (Lipinski definition) is 5. The van der Waals surface area contributed by atoms with Gasteiger partial charge < -0.3 is 10.0 Å². The summed E-state index contributed by atoms with van der Waals surface area (Å²) in [5.74, 6) is -1.38. The molecule has 1 fully saturated rings. The van der Waals surface area contributed by atoms with Crippen LogP contribution < -0.4 is 5.32 Å². The Morgan fingerprint density at radius 2 is 2.22 bits per heavy atom. The first kappa shape index (κ1) is 15.7. The molecule has 7 nitrogen and oxygen atoms in total. The minimum atomic E-state index is -0.876. The smallest absolute Gasteiger partial charge is 0.323 e. The van der Waals surface area contributed by atoms with Crippen molar-refractivity contribution in [1.29, 1.82) is 0 Å².